The summed E-state index contributed by atoms with van der Waals surface area (Å²) in [6.45, 7) is 6.28. The van der Waals surface area contributed by atoms with Crippen molar-refractivity contribution in [1.29, 1.82) is 0 Å². The van der Waals surface area contributed by atoms with Crippen LogP contribution in [0.5, 0.6) is 0 Å². The van der Waals surface area contributed by atoms with Crippen LogP contribution < -0.4 is 5.32 Å². The molecule has 2 aromatic heterocycles. The highest BCUT2D eigenvalue weighted by molar-refractivity contribution is 7.99. The number of carbonyl (C=O) groups excluding carboxylic acids is 1. The Bertz CT molecular complexity index is 1310. The minimum absolute atomic E-state index is 0.161. The van der Waals surface area contributed by atoms with E-state index >= 15 is 0 Å². The number of thioether (sulfide) groups is 1. The van der Waals surface area contributed by atoms with Gasteiger partial charge in [0.25, 0.3) is 5.22 Å². The number of hydrogen-bond donors (Lipinski definition) is 1. The maximum absolute atomic E-state index is 12.8. The number of amides is 1. The minimum atomic E-state index is -0.161. The first-order valence-corrected chi connectivity index (χ1v) is 12.0. The van der Waals surface area contributed by atoms with Gasteiger partial charge in [-0.05, 0) is 68.5 Å². The fourth-order valence-electron chi connectivity index (χ4n) is 3.68. The van der Waals surface area contributed by atoms with Crippen molar-refractivity contribution in [2.24, 2.45) is 0 Å². The predicted molar refractivity (Wildman–Crippen MR) is 129 cm³/mol. The average Bonchev–Trinajstić information content (AvgIpc) is 3.41. The molecule has 1 aliphatic rings. The number of nitrogens with one attached hydrogen (secondary N) is 1. The van der Waals surface area contributed by atoms with Crippen LogP contribution in [0.2, 0.25) is 0 Å². The van der Waals surface area contributed by atoms with E-state index in [4.69, 9.17) is 9.52 Å². The van der Waals surface area contributed by atoms with E-state index in [1.165, 1.54) is 22.9 Å². The fourth-order valence-corrected chi connectivity index (χ4v) is 4.25. The first-order valence-electron chi connectivity index (χ1n) is 11.0. The van der Waals surface area contributed by atoms with Gasteiger partial charge in [-0.3, -0.25) is 4.79 Å². The SMILES string of the molecule is Cc1cc(C)c(-c2cc(NC(=O)CSc3nnc(C4CC4)o3)n(-c3ccccc3)n2)cc1C. The van der Waals surface area contributed by atoms with E-state index < -0.39 is 0 Å². The molecule has 0 spiro atoms. The molecule has 33 heavy (non-hydrogen) atoms. The highest BCUT2D eigenvalue weighted by Crippen LogP contribution is 2.39. The molecule has 0 bridgehead atoms. The highest BCUT2D eigenvalue weighted by Gasteiger charge is 2.29. The molecular formula is C25H25N5O2S. The third-order valence-electron chi connectivity index (χ3n) is 5.77. The summed E-state index contributed by atoms with van der Waals surface area (Å²) in [4.78, 5) is 12.8. The van der Waals surface area contributed by atoms with Crippen molar-refractivity contribution in [2.75, 3.05) is 11.1 Å². The molecule has 1 N–H and O–H groups in total. The number of nitrogens with zero attached hydrogens (tertiary/aromatic N) is 4. The van der Waals surface area contributed by atoms with Gasteiger partial charge in [-0.25, -0.2) is 4.68 Å². The summed E-state index contributed by atoms with van der Waals surface area (Å²) >= 11 is 1.24. The molecule has 1 aliphatic carbocycles. The molecule has 168 valence electrons. The molecule has 1 saturated carbocycles. The Labute approximate surface area is 196 Å². The second-order valence-electron chi connectivity index (χ2n) is 8.43. The normalized spacial score (nSPS) is 13.3. The van der Waals surface area contributed by atoms with Crippen LogP contribution in [-0.4, -0.2) is 31.6 Å². The van der Waals surface area contributed by atoms with Gasteiger partial charge in [0.15, 0.2) is 0 Å². The fraction of sp³-hybridized carbons (Fsp3) is 0.280. The summed E-state index contributed by atoms with van der Waals surface area (Å²) in [5, 5.41) is 16.4. The van der Waals surface area contributed by atoms with Crippen LogP contribution in [0.3, 0.4) is 0 Å². The van der Waals surface area contributed by atoms with E-state index in [0.717, 1.165) is 35.3 Å². The summed E-state index contributed by atoms with van der Waals surface area (Å²) in [6.07, 6.45) is 2.19. The minimum Gasteiger partial charge on any atom is -0.416 e. The van der Waals surface area contributed by atoms with Crippen LogP contribution >= 0.6 is 11.8 Å². The number of para-hydroxylation sites is 1. The van der Waals surface area contributed by atoms with Gasteiger partial charge in [0.05, 0.1) is 17.1 Å². The second-order valence-corrected chi connectivity index (χ2v) is 9.36. The van der Waals surface area contributed by atoms with Crippen LogP contribution in [0, 0.1) is 20.8 Å². The Morgan fingerprint density at radius 2 is 1.82 bits per heavy atom. The van der Waals surface area contributed by atoms with Crippen LogP contribution in [0.1, 0.15) is 41.3 Å². The van der Waals surface area contributed by atoms with Crippen molar-refractivity contribution >= 4 is 23.5 Å². The van der Waals surface area contributed by atoms with Gasteiger partial charge in [0.2, 0.25) is 11.8 Å². The molecule has 0 atom stereocenters. The number of benzene rings is 2. The lowest BCUT2D eigenvalue weighted by molar-refractivity contribution is -0.113. The highest BCUT2D eigenvalue weighted by atomic mass is 32.2. The first kappa shape index (κ1) is 21.5. The van der Waals surface area contributed by atoms with Gasteiger partial charge in [0, 0.05) is 17.5 Å². The summed E-state index contributed by atoms with van der Waals surface area (Å²) in [5.41, 5.74) is 6.34. The number of rotatable bonds is 7. The van der Waals surface area contributed by atoms with Crippen LogP contribution in [0.4, 0.5) is 5.82 Å². The van der Waals surface area contributed by atoms with Gasteiger partial charge in [-0.1, -0.05) is 36.0 Å². The molecule has 0 saturated heterocycles. The van der Waals surface area contributed by atoms with E-state index in [1.54, 1.807) is 4.68 Å². The third kappa shape index (κ3) is 4.71. The van der Waals surface area contributed by atoms with Crippen molar-refractivity contribution in [2.45, 2.75) is 44.8 Å². The molecule has 7 nitrogen and oxygen atoms in total. The van der Waals surface area contributed by atoms with E-state index in [0.29, 0.717) is 22.8 Å². The number of hydrogen-bond acceptors (Lipinski definition) is 6. The van der Waals surface area contributed by atoms with Crippen LogP contribution in [0.15, 0.2) is 58.2 Å². The lowest BCUT2D eigenvalue weighted by atomic mass is 9.99. The van der Waals surface area contributed by atoms with Crippen molar-refractivity contribution in [3.8, 4) is 16.9 Å². The maximum atomic E-state index is 12.8. The molecule has 5 rings (SSSR count). The first-order chi connectivity index (χ1) is 16.0. The number of anilines is 1. The topological polar surface area (TPSA) is 85.8 Å². The van der Waals surface area contributed by atoms with Gasteiger partial charge >= 0.3 is 0 Å². The van der Waals surface area contributed by atoms with E-state index in [-0.39, 0.29) is 11.7 Å². The number of aromatic nitrogens is 4. The zero-order chi connectivity index (χ0) is 22.9. The van der Waals surface area contributed by atoms with Crippen molar-refractivity contribution in [1.82, 2.24) is 20.0 Å². The van der Waals surface area contributed by atoms with Gasteiger partial charge in [-0.15, -0.1) is 10.2 Å². The standard InChI is InChI=1S/C25H25N5O2S/c1-15-11-17(3)20(12-16(15)2)21-13-22(30(29-21)19-7-5-4-6-8-19)26-23(31)14-33-25-28-27-24(32-25)18-9-10-18/h4-8,11-13,18H,9-10,14H2,1-3H3,(H,26,31). The smallest absolute Gasteiger partial charge is 0.277 e. The van der Waals surface area contributed by atoms with Gasteiger partial charge in [0.1, 0.15) is 5.82 Å². The number of carbonyl (C=O) groups is 1. The van der Waals surface area contributed by atoms with Crippen molar-refractivity contribution < 1.29 is 9.21 Å². The summed E-state index contributed by atoms with van der Waals surface area (Å²) in [6, 6.07) is 16.0. The van der Waals surface area contributed by atoms with E-state index in [1.807, 2.05) is 36.4 Å². The lowest BCUT2D eigenvalue weighted by Gasteiger charge is -2.08. The molecule has 0 radical (unpaired) electrons. The monoisotopic (exact) mass is 459 g/mol. The Hall–Kier alpha value is -3.39. The summed E-state index contributed by atoms with van der Waals surface area (Å²) < 4.78 is 7.41. The quantitative estimate of drug-likeness (QED) is 0.370. The molecule has 2 aromatic carbocycles. The van der Waals surface area contributed by atoms with Gasteiger partial charge in [-0.2, -0.15) is 5.10 Å². The Balaban J connectivity index is 1.39. The molecule has 8 heteroatoms. The average molecular weight is 460 g/mol. The molecule has 1 amide bonds. The maximum Gasteiger partial charge on any atom is 0.277 e. The lowest BCUT2D eigenvalue weighted by Crippen LogP contribution is -2.16. The molecule has 0 aliphatic heterocycles. The van der Waals surface area contributed by atoms with Crippen LogP contribution in [0.25, 0.3) is 16.9 Å². The van der Waals surface area contributed by atoms with Gasteiger partial charge < -0.3 is 9.73 Å². The summed E-state index contributed by atoms with van der Waals surface area (Å²) in [5.74, 6) is 1.70. The Morgan fingerprint density at radius 3 is 2.58 bits per heavy atom. The predicted octanol–water partition coefficient (Wildman–Crippen LogP) is 5.46. The third-order valence-corrected chi connectivity index (χ3v) is 6.59. The van der Waals surface area contributed by atoms with Crippen LogP contribution in [-0.2, 0) is 4.79 Å². The van der Waals surface area contributed by atoms with Crippen molar-refractivity contribution in [3.63, 3.8) is 0 Å². The Kier molecular flexibility index (Phi) is 5.76. The second kappa shape index (κ2) is 8.86. The van der Waals surface area contributed by atoms with E-state index in [2.05, 4.69) is 48.4 Å². The molecule has 4 aromatic rings. The molecule has 0 unspecified atom stereocenters. The largest absolute Gasteiger partial charge is 0.416 e. The molecular weight excluding hydrogens is 434 g/mol. The Morgan fingerprint density at radius 1 is 1.06 bits per heavy atom. The zero-order valence-corrected chi connectivity index (χ0v) is 19.6. The summed E-state index contributed by atoms with van der Waals surface area (Å²) in [7, 11) is 0. The number of aryl methyl sites for hydroxylation is 3. The van der Waals surface area contributed by atoms with Crippen molar-refractivity contribution in [3.05, 3.63) is 71.1 Å². The molecule has 1 fully saturated rings. The molecule has 2 heterocycles. The zero-order valence-electron chi connectivity index (χ0n) is 18.8. The van der Waals surface area contributed by atoms with E-state index in [9.17, 15) is 4.79 Å².